The first-order chi connectivity index (χ1) is 25.1. The smallest absolute Gasteiger partial charge is 0.420 e. The first-order valence-electron chi connectivity index (χ1n) is 18.3. The second-order valence-corrected chi connectivity index (χ2v) is 14.6. The van der Waals surface area contributed by atoms with Crippen molar-refractivity contribution < 1.29 is 32.2 Å². The molecule has 0 spiro atoms. The summed E-state index contributed by atoms with van der Waals surface area (Å²) < 4.78 is 53.9. The molecule has 5 rings (SSSR count). The molecule has 1 aliphatic carbocycles. The van der Waals surface area contributed by atoms with Gasteiger partial charge in [-0.15, -0.1) is 0 Å². The molecule has 0 saturated heterocycles. The van der Waals surface area contributed by atoms with Gasteiger partial charge in [-0.05, 0) is 101 Å². The van der Waals surface area contributed by atoms with Crippen molar-refractivity contribution in [2.24, 2.45) is 7.05 Å². The molecule has 53 heavy (non-hydrogen) atoms. The number of aryl methyl sites for hydroxylation is 2. The van der Waals surface area contributed by atoms with Crippen LogP contribution >= 0.6 is 0 Å². The Hall–Kier alpha value is -4.88. The van der Waals surface area contributed by atoms with E-state index in [9.17, 15) is 22.8 Å². The van der Waals surface area contributed by atoms with E-state index in [-0.39, 0.29) is 36.5 Å². The van der Waals surface area contributed by atoms with Crippen molar-refractivity contribution in [3.05, 3.63) is 59.4 Å². The zero-order chi connectivity index (χ0) is 38.3. The maximum atomic E-state index is 13.8. The Kier molecular flexibility index (Phi) is 12.5. The molecule has 0 aliphatic heterocycles. The molecule has 0 unspecified atom stereocenters. The highest BCUT2D eigenvalue weighted by Crippen LogP contribution is 2.38. The van der Waals surface area contributed by atoms with Gasteiger partial charge in [-0.25, -0.2) is 14.8 Å². The lowest BCUT2D eigenvalue weighted by molar-refractivity contribution is -0.139. The van der Waals surface area contributed by atoms with Gasteiger partial charge >= 0.3 is 12.3 Å². The van der Waals surface area contributed by atoms with Crippen LogP contribution in [0.5, 0.6) is 5.75 Å². The highest BCUT2D eigenvalue weighted by molar-refractivity contribution is 5.92. The van der Waals surface area contributed by atoms with Crippen LogP contribution in [-0.2, 0) is 35.6 Å². The second-order valence-electron chi connectivity index (χ2n) is 14.6. The van der Waals surface area contributed by atoms with E-state index >= 15 is 0 Å². The van der Waals surface area contributed by atoms with Crippen molar-refractivity contribution >= 4 is 34.5 Å². The van der Waals surface area contributed by atoms with E-state index in [1.54, 1.807) is 24.0 Å². The number of aromatic nitrogens is 4. The first kappa shape index (κ1) is 39.3. The predicted octanol–water partition coefficient (Wildman–Crippen LogP) is 8.61. The average molecular weight is 738 g/mol. The quantitative estimate of drug-likeness (QED) is 0.116. The summed E-state index contributed by atoms with van der Waals surface area (Å²) in [4.78, 5) is 34.6. The topological polar surface area (TPSA) is 132 Å². The number of alkyl carbamates (subject to hydrolysis) is 1. The highest BCUT2D eigenvalue weighted by Gasteiger charge is 2.35. The number of rotatable bonds is 13. The van der Waals surface area contributed by atoms with Crippen molar-refractivity contribution in [2.45, 2.75) is 116 Å². The molecule has 1 aliphatic rings. The number of nitrogens with zero attached hydrogens (tertiary/aromatic N) is 4. The Balaban J connectivity index is 1.23. The maximum absolute atomic E-state index is 13.8. The van der Waals surface area contributed by atoms with Gasteiger partial charge in [0.2, 0.25) is 11.9 Å². The van der Waals surface area contributed by atoms with Gasteiger partial charge < -0.3 is 25.4 Å². The summed E-state index contributed by atoms with van der Waals surface area (Å²) in [5.41, 5.74) is 2.53. The third kappa shape index (κ3) is 10.8. The van der Waals surface area contributed by atoms with Crippen LogP contribution in [0.15, 0.2) is 42.6 Å². The SMILES string of the molecule is CCCCCOc1ccc(NC(=O)Cc2cc(-c3cc(CC)c4nc(NC5CCC(NC(=O)OC(C)(C)C)CC5)ncc4c3)n(C)n2)cc1C(F)(F)F. The predicted molar refractivity (Wildman–Crippen MR) is 199 cm³/mol. The number of carbonyl (C=O) groups is 2. The average Bonchev–Trinajstić information content (AvgIpc) is 3.45. The van der Waals surface area contributed by atoms with Gasteiger partial charge in [-0.1, -0.05) is 26.7 Å². The van der Waals surface area contributed by atoms with Crippen LogP contribution in [0.1, 0.15) is 96.4 Å². The van der Waals surface area contributed by atoms with Crippen molar-refractivity contribution in [3.63, 3.8) is 0 Å². The summed E-state index contributed by atoms with van der Waals surface area (Å²) in [5.74, 6) is -0.198. The van der Waals surface area contributed by atoms with Crippen molar-refractivity contribution in [1.82, 2.24) is 25.1 Å². The third-order valence-corrected chi connectivity index (χ3v) is 9.07. The fourth-order valence-corrected chi connectivity index (χ4v) is 6.49. The molecule has 2 aromatic carbocycles. The molecular formula is C39H50F3N7O4. The van der Waals surface area contributed by atoms with Gasteiger partial charge in [0.25, 0.3) is 0 Å². The minimum absolute atomic E-state index is 0.0262. The van der Waals surface area contributed by atoms with E-state index in [2.05, 4.69) is 39.0 Å². The number of alkyl halides is 3. The minimum atomic E-state index is -4.64. The summed E-state index contributed by atoms with van der Waals surface area (Å²) in [7, 11) is 1.78. The molecule has 0 atom stereocenters. The number of nitrogens with one attached hydrogen (secondary N) is 3. The normalized spacial score (nSPS) is 16.3. The van der Waals surface area contributed by atoms with E-state index in [1.807, 2.05) is 33.8 Å². The molecule has 1 saturated carbocycles. The number of fused-ring (bicyclic) bond motifs is 1. The largest absolute Gasteiger partial charge is 0.493 e. The molecule has 0 bridgehead atoms. The number of carbonyl (C=O) groups excluding carboxylic acids is 2. The monoisotopic (exact) mass is 737 g/mol. The number of halogens is 3. The molecule has 0 radical (unpaired) electrons. The standard InChI is InChI=1S/C39H50F3N7O4/c1-7-9-10-17-52-33-16-15-29(20-31(33)39(40,41)42)44-34(50)22-30-21-32(49(6)48-30)25-18-24(8-2)35-26(19-25)23-43-36(47-35)45-27-11-13-28(14-12-27)46-37(51)53-38(3,4)5/h15-16,18-21,23,27-28H,7-14,17,22H2,1-6H3,(H,44,50)(H,46,51)(H,43,45,47). The van der Waals surface area contributed by atoms with Gasteiger partial charge in [0.1, 0.15) is 11.4 Å². The molecule has 1 fully saturated rings. The molecule has 2 heterocycles. The van der Waals surface area contributed by atoms with Crippen molar-refractivity contribution in [1.29, 1.82) is 0 Å². The number of anilines is 2. The van der Waals surface area contributed by atoms with E-state index in [4.69, 9.17) is 14.5 Å². The van der Waals surface area contributed by atoms with E-state index in [1.165, 1.54) is 12.1 Å². The molecule has 4 aromatic rings. The summed E-state index contributed by atoms with van der Waals surface area (Å²) in [6, 6.07) is 9.65. The number of benzene rings is 2. The van der Waals surface area contributed by atoms with Crippen LogP contribution in [0.4, 0.5) is 29.6 Å². The zero-order valence-corrected chi connectivity index (χ0v) is 31.3. The maximum Gasteiger partial charge on any atom is 0.420 e. The number of amides is 2. The number of unbranched alkanes of at least 4 members (excludes halogenated alkanes) is 2. The Morgan fingerprint density at radius 2 is 1.72 bits per heavy atom. The Bertz CT molecular complexity index is 1900. The fourth-order valence-electron chi connectivity index (χ4n) is 6.49. The number of ether oxygens (including phenoxy) is 2. The van der Waals surface area contributed by atoms with Crippen LogP contribution in [0.3, 0.4) is 0 Å². The van der Waals surface area contributed by atoms with Gasteiger partial charge in [0, 0.05) is 42.0 Å². The molecular weight excluding hydrogens is 687 g/mol. The first-order valence-corrected chi connectivity index (χ1v) is 18.3. The van der Waals surface area contributed by atoms with Gasteiger partial charge in [0.05, 0.1) is 35.5 Å². The number of hydrogen-bond donors (Lipinski definition) is 3. The summed E-state index contributed by atoms with van der Waals surface area (Å²) in [6.07, 6.45) is 3.17. The van der Waals surface area contributed by atoms with Crippen molar-refractivity contribution in [2.75, 3.05) is 17.2 Å². The Labute approximate surface area is 308 Å². The van der Waals surface area contributed by atoms with E-state index in [0.717, 1.165) is 78.7 Å². The Morgan fingerprint density at radius 3 is 2.40 bits per heavy atom. The van der Waals surface area contributed by atoms with E-state index in [0.29, 0.717) is 18.1 Å². The minimum Gasteiger partial charge on any atom is -0.493 e. The van der Waals surface area contributed by atoms with Gasteiger partial charge in [-0.3, -0.25) is 9.48 Å². The highest BCUT2D eigenvalue weighted by atomic mass is 19.4. The van der Waals surface area contributed by atoms with E-state index < -0.39 is 29.3 Å². The molecule has 11 nitrogen and oxygen atoms in total. The van der Waals surface area contributed by atoms with Crippen LogP contribution in [0.25, 0.3) is 22.2 Å². The van der Waals surface area contributed by atoms with Crippen LogP contribution in [0.2, 0.25) is 0 Å². The lowest BCUT2D eigenvalue weighted by atomic mass is 9.91. The molecule has 14 heteroatoms. The van der Waals surface area contributed by atoms with Gasteiger partial charge in [-0.2, -0.15) is 18.3 Å². The molecule has 2 amide bonds. The summed E-state index contributed by atoms with van der Waals surface area (Å²) in [5, 5.41) is 14.4. The summed E-state index contributed by atoms with van der Waals surface area (Å²) in [6.45, 7) is 9.78. The zero-order valence-electron chi connectivity index (χ0n) is 31.3. The lowest BCUT2D eigenvalue weighted by Gasteiger charge is -2.30. The lowest BCUT2D eigenvalue weighted by Crippen LogP contribution is -2.42. The van der Waals surface area contributed by atoms with Crippen LogP contribution in [0, 0.1) is 0 Å². The Morgan fingerprint density at radius 1 is 0.981 bits per heavy atom. The summed E-state index contributed by atoms with van der Waals surface area (Å²) >= 11 is 0. The van der Waals surface area contributed by atoms with Crippen LogP contribution < -0.4 is 20.7 Å². The number of hydrogen-bond acceptors (Lipinski definition) is 8. The second kappa shape index (κ2) is 16.9. The van der Waals surface area contributed by atoms with Crippen molar-refractivity contribution in [3.8, 4) is 17.0 Å². The molecule has 2 aromatic heterocycles. The third-order valence-electron chi connectivity index (χ3n) is 9.07. The van der Waals surface area contributed by atoms with Crippen LogP contribution in [-0.4, -0.2) is 56.0 Å². The van der Waals surface area contributed by atoms with Gasteiger partial charge in [0.15, 0.2) is 0 Å². The molecule has 286 valence electrons. The molecule has 3 N–H and O–H groups in total. The fraction of sp³-hybridized carbons (Fsp3) is 0.513.